The lowest BCUT2D eigenvalue weighted by molar-refractivity contribution is 0.330. The van der Waals surface area contributed by atoms with E-state index in [0.717, 1.165) is 21.9 Å². The van der Waals surface area contributed by atoms with Gasteiger partial charge in [-0.05, 0) is 34.0 Å². The molecule has 6 nitrogen and oxygen atoms in total. The summed E-state index contributed by atoms with van der Waals surface area (Å²) in [5, 5.41) is 53.7. The number of fused-ring (bicyclic) bond motifs is 1. The van der Waals surface area contributed by atoms with Crippen molar-refractivity contribution in [2.45, 2.75) is 0 Å². The maximum absolute atomic E-state index is 9.95. The van der Waals surface area contributed by atoms with Gasteiger partial charge in [-0.1, -0.05) is 54.6 Å². The molecule has 0 saturated heterocycles. The van der Waals surface area contributed by atoms with Gasteiger partial charge in [0, 0.05) is 5.69 Å². The van der Waals surface area contributed by atoms with E-state index in [1.54, 1.807) is 12.1 Å². The molecule has 0 bridgehead atoms. The van der Waals surface area contributed by atoms with Gasteiger partial charge in [-0.25, -0.2) is 0 Å². The molecular weight excluding hydrogens is 358 g/mol. The molecule has 0 fully saturated rings. The number of nitrogens with one attached hydrogen (secondary N) is 1. The fourth-order valence-electron chi connectivity index (χ4n) is 3.16. The topological polar surface area (TPSA) is 113 Å². The van der Waals surface area contributed by atoms with Gasteiger partial charge in [0.05, 0.1) is 0 Å². The minimum absolute atomic E-state index is 0.314. The van der Waals surface area contributed by atoms with Gasteiger partial charge < -0.3 is 30.8 Å². The second kappa shape index (κ2) is 6.59. The largest absolute Gasteiger partial charge is 0.503 e. The van der Waals surface area contributed by atoms with Crippen LogP contribution in [-0.4, -0.2) is 25.5 Å². The van der Waals surface area contributed by atoms with E-state index in [-0.39, 0.29) is 5.69 Å². The van der Waals surface area contributed by atoms with Gasteiger partial charge in [0.15, 0.2) is 11.5 Å². The van der Waals surface area contributed by atoms with Crippen molar-refractivity contribution in [1.29, 1.82) is 0 Å². The second-order valence-corrected chi connectivity index (χ2v) is 6.35. The highest BCUT2D eigenvalue weighted by molar-refractivity contribution is 5.96. The van der Waals surface area contributed by atoms with E-state index in [0.29, 0.717) is 5.69 Å². The molecule has 0 aliphatic heterocycles. The summed E-state index contributed by atoms with van der Waals surface area (Å²) in [6, 6.07) is 21.3. The first kappa shape index (κ1) is 17.4. The van der Waals surface area contributed by atoms with Crippen LogP contribution in [0, 0.1) is 0 Å². The van der Waals surface area contributed by atoms with Crippen LogP contribution < -0.4 is 5.32 Å². The highest BCUT2D eigenvalue weighted by Crippen LogP contribution is 2.54. The van der Waals surface area contributed by atoms with Crippen LogP contribution >= 0.6 is 0 Å². The Morgan fingerprint density at radius 2 is 1.11 bits per heavy atom. The summed E-state index contributed by atoms with van der Waals surface area (Å²) >= 11 is 0. The van der Waals surface area contributed by atoms with Gasteiger partial charge in [-0.2, -0.15) is 0 Å². The molecule has 4 aromatic carbocycles. The number of hydrogen-bond donors (Lipinski definition) is 6. The number of anilines is 2. The van der Waals surface area contributed by atoms with Gasteiger partial charge in [-0.3, -0.25) is 0 Å². The molecule has 0 atom stereocenters. The second-order valence-electron chi connectivity index (χ2n) is 6.35. The first-order valence-corrected chi connectivity index (χ1v) is 8.51. The highest BCUT2D eigenvalue weighted by Gasteiger charge is 2.23. The minimum Gasteiger partial charge on any atom is -0.503 e. The van der Waals surface area contributed by atoms with E-state index in [9.17, 15) is 25.5 Å². The first-order chi connectivity index (χ1) is 13.5. The van der Waals surface area contributed by atoms with Gasteiger partial charge in [-0.15, -0.1) is 0 Å². The van der Waals surface area contributed by atoms with Crippen LogP contribution in [-0.2, 0) is 0 Å². The predicted molar refractivity (Wildman–Crippen MR) is 107 cm³/mol. The number of aromatic hydroxyl groups is 5. The van der Waals surface area contributed by atoms with Gasteiger partial charge in [0.2, 0.25) is 17.2 Å². The summed E-state index contributed by atoms with van der Waals surface area (Å²) in [5.41, 5.74) is 2.23. The van der Waals surface area contributed by atoms with Gasteiger partial charge in [0.1, 0.15) is 5.69 Å². The Kier molecular flexibility index (Phi) is 4.08. The average Bonchev–Trinajstić information content (AvgIpc) is 2.74. The third-order valence-corrected chi connectivity index (χ3v) is 4.63. The average molecular weight is 375 g/mol. The van der Waals surface area contributed by atoms with Crippen molar-refractivity contribution in [1.82, 2.24) is 0 Å². The van der Waals surface area contributed by atoms with Crippen LogP contribution in [0.1, 0.15) is 0 Å². The van der Waals surface area contributed by atoms with E-state index < -0.39 is 28.7 Å². The third kappa shape index (κ3) is 2.77. The SMILES string of the molecule is Oc1c(O)c(O)c(Nc2ccc(-c3cccc4ccccc34)cc2)c(O)c1O. The van der Waals surface area contributed by atoms with Crippen molar-refractivity contribution >= 4 is 22.1 Å². The van der Waals surface area contributed by atoms with E-state index >= 15 is 0 Å². The van der Waals surface area contributed by atoms with E-state index in [1.165, 1.54) is 0 Å². The molecule has 0 radical (unpaired) electrons. The Bertz CT molecular complexity index is 1150. The van der Waals surface area contributed by atoms with Crippen molar-refractivity contribution < 1.29 is 25.5 Å². The summed E-state index contributed by atoms with van der Waals surface area (Å²) < 4.78 is 0. The molecule has 140 valence electrons. The standard InChI is InChI=1S/C22H17NO5/c24-18-17(19(25)21(27)22(28)20(18)26)23-14-10-8-13(9-11-14)16-7-3-5-12-4-1-2-6-15(12)16/h1-11,23-28H. The normalized spacial score (nSPS) is 10.9. The zero-order valence-corrected chi connectivity index (χ0v) is 14.6. The van der Waals surface area contributed by atoms with Crippen LogP contribution in [0.3, 0.4) is 0 Å². The number of benzene rings is 4. The highest BCUT2D eigenvalue weighted by atomic mass is 16.4. The minimum atomic E-state index is -0.994. The van der Waals surface area contributed by atoms with Crippen molar-refractivity contribution in [2.75, 3.05) is 5.32 Å². The van der Waals surface area contributed by atoms with Crippen LogP contribution in [0.4, 0.5) is 11.4 Å². The molecule has 0 aliphatic carbocycles. The number of rotatable bonds is 3. The van der Waals surface area contributed by atoms with Crippen LogP contribution in [0.5, 0.6) is 28.7 Å². The lowest BCUT2D eigenvalue weighted by Gasteiger charge is -2.14. The molecule has 6 N–H and O–H groups in total. The molecule has 4 aromatic rings. The van der Waals surface area contributed by atoms with E-state index in [2.05, 4.69) is 11.4 Å². The Hall–Kier alpha value is -4.06. The first-order valence-electron chi connectivity index (χ1n) is 8.51. The smallest absolute Gasteiger partial charge is 0.208 e. The molecule has 0 spiro atoms. The molecule has 0 heterocycles. The monoisotopic (exact) mass is 375 g/mol. The molecule has 6 heteroatoms. The molecule has 28 heavy (non-hydrogen) atoms. The molecular formula is C22H17NO5. The fraction of sp³-hybridized carbons (Fsp3) is 0. The van der Waals surface area contributed by atoms with Crippen LogP contribution in [0.25, 0.3) is 21.9 Å². The Morgan fingerprint density at radius 3 is 1.79 bits per heavy atom. The lowest BCUT2D eigenvalue weighted by atomic mass is 9.98. The van der Waals surface area contributed by atoms with E-state index in [4.69, 9.17) is 0 Å². The summed E-state index contributed by atoms with van der Waals surface area (Å²) in [6.45, 7) is 0. The summed E-state index contributed by atoms with van der Waals surface area (Å²) in [5.74, 6) is -4.39. The molecule has 0 unspecified atom stereocenters. The molecule has 4 rings (SSSR count). The lowest BCUT2D eigenvalue weighted by Crippen LogP contribution is -1.93. The Morgan fingerprint density at radius 1 is 0.536 bits per heavy atom. The quantitative estimate of drug-likeness (QED) is 0.227. The summed E-state index contributed by atoms with van der Waals surface area (Å²) in [4.78, 5) is 0. The predicted octanol–water partition coefficient (Wildman–Crippen LogP) is 4.78. The van der Waals surface area contributed by atoms with Crippen molar-refractivity contribution in [3.05, 3.63) is 66.7 Å². The van der Waals surface area contributed by atoms with Gasteiger partial charge in [0.25, 0.3) is 0 Å². The van der Waals surface area contributed by atoms with Gasteiger partial charge >= 0.3 is 0 Å². The number of phenols is 5. The summed E-state index contributed by atoms with van der Waals surface area (Å²) in [6.07, 6.45) is 0. The molecule has 0 amide bonds. The zero-order chi connectivity index (χ0) is 19.8. The van der Waals surface area contributed by atoms with E-state index in [1.807, 2.05) is 48.5 Å². The summed E-state index contributed by atoms with van der Waals surface area (Å²) in [7, 11) is 0. The molecule has 0 saturated carbocycles. The van der Waals surface area contributed by atoms with Crippen molar-refractivity contribution in [3.8, 4) is 39.9 Å². The molecule has 0 aromatic heterocycles. The Labute approximate surface area is 160 Å². The zero-order valence-electron chi connectivity index (χ0n) is 14.6. The van der Waals surface area contributed by atoms with Crippen molar-refractivity contribution in [3.63, 3.8) is 0 Å². The maximum Gasteiger partial charge on any atom is 0.208 e. The molecule has 0 aliphatic rings. The van der Waals surface area contributed by atoms with Crippen molar-refractivity contribution in [2.24, 2.45) is 0 Å². The Balaban J connectivity index is 1.70. The van der Waals surface area contributed by atoms with Crippen LogP contribution in [0.15, 0.2) is 66.7 Å². The number of hydrogen-bond acceptors (Lipinski definition) is 6. The fourth-order valence-corrected chi connectivity index (χ4v) is 3.16. The third-order valence-electron chi connectivity index (χ3n) is 4.63. The van der Waals surface area contributed by atoms with Crippen LogP contribution in [0.2, 0.25) is 0 Å². The maximum atomic E-state index is 9.95. The number of phenolic OH excluding ortho intramolecular Hbond substituents is 5.